The van der Waals surface area contributed by atoms with Gasteiger partial charge in [0.2, 0.25) is 16.8 Å². The summed E-state index contributed by atoms with van der Waals surface area (Å²) in [4.78, 5) is 12.4. The maximum Gasteiger partial charge on any atom is 0.251 e. The Kier molecular flexibility index (Phi) is 5.15. The van der Waals surface area contributed by atoms with E-state index in [9.17, 15) is 13.2 Å². The standard InChI is InChI=1S/C18H20N2O5S/c1-20(2)26(22,23)15-5-3-4-14(11-15)18(21)19-9-8-13-6-7-16-17(10-13)25-12-24-16/h3-7,10-11H,8-9,12H2,1-2H3,(H,19,21). The predicted molar refractivity (Wildman–Crippen MR) is 95.9 cm³/mol. The van der Waals surface area contributed by atoms with Crippen molar-refractivity contribution < 1.29 is 22.7 Å². The van der Waals surface area contributed by atoms with Gasteiger partial charge in [-0.1, -0.05) is 12.1 Å². The van der Waals surface area contributed by atoms with Crippen molar-refractivity contribution in [1.82, 2.24) is 9.62 Å². The average molecular weight is 376 g/mol. The van der Waals surface area contributed by atoms with Crippen LogP contribution in [0, 0.1) is 0 Å². The van der Waals surface area contributed by atoms with Crippen molar-refractivity contribution in [2.75, 3.05) is 27.4 Å². The smallest absolute Gasteiger partial charge is 0.251 e. The van der Waals surface area contributed by atoms with Crippen LogP contribution in [0.1, 0.15) is 15.9 Å². The summed E-state index contributed by atoms with van der Waals surface area (Å²) in [6, 6.07) is 11.6. The number of amides is 1. The van der Waals surface area contributed by atoms with Gasteiger partial charge in [-0.05, 0) is 42.3 Å². The average Bonchev–Trinajstić information content (AvgIpc) is 3.09. The molecule has 138 valence electrons. The summed E-state index contributed by atoms with van der Waals surface area (Å²) in [5.74, 6) is 1.11. The van der Waals surface area contributed by atoms with E-state index in [0.29, 0.717) is 24.3 Å². The van der Waals surface area contributed by atoms with E-state index in [4.69, 9.17) is 9.47 Å². The van der Waals surface area contributed by atoms with Gasteiger partial charge in [-0.2, -0.15) is 0 Å². The fourth-order valence-corrected chi connectivity index (χ4v) is 3.48. The quantitative estimate of drug-likeness (QED) is 0.828. The molecule has 1 aliphatic rings. The Hall–Kier alpha value is -2.58. The lowest BCUT2D eigenvalue weighted by molar-refractivity contribution is 0.0954. The Balaban J connectivity index is 1.62. The minimum Gasteiger partial charge on any atom is -0.454 e. The summed E-state index contributed by atoms with van der Waals surface area (Å²) in [7, 11) is -0.671. The third kappa shape index (κ3) is 3.81. The zero-order chi connectivity index (χ0) is 18.7. The summed E-state index contributed by atoms with van der Waals surface area (Å²) in [6.07, 6.45) is 0.623. The van der Waals surface area contributed by atoms with E-state index in [-0.39, 0.29) is 17.6 Å². The Labute approximate surface area is 152 Å². The van der Waals surface area contributed by atoms with Crippen LogP contribution in [-0.4, -0.2) is 46.1 Å². The first-order valence-electron chi connectivity index (χ1n) is 8.07. The Morgan fingerprint density at radius 1 is 1.12 bits per heavy atom. The van der Waals surface area contributed by atoms with Gasteiger partial charge in [0.05, 0.1) is 4.90 Å². The van der Waals surface area contributed by atoms with E-state index in [2.05, 4.69) is 5.32 Å². The number of hydrogen-bond donors (Lipinski definition) is 1. The lowest BCUT2D eigenvalue weighted by Gasteiger charge is -2.12. The molecule has 2 aromatic rings. The van der Waals surface area contributed by atoms with Crippen LogP contribution in [0.2, 0.25) is 0 Å². The first-order chi connectivity index (χ1) is 12.4. The van der Waals surface area contributed by atoms with Gasteiger partial charge in [0.1, 0.15) is 0 Å². The second kappa shape index (κ2) is 7.35. The molecule has 1 aliphatic heterocycles. The number of nitrogens with one attached hydrogen (secondary N) is 1. The third-order valence-corrected chi connectivity index (χ3v) is 5.82. The SMILES string of the molecule is CN(C)S(=O)(=O)c1cccc(C(=O)NCCc2ccc3c(c2)OCO3)c1. The van der Waals surface area contributed by atoms with Crippen molar-refractivity contribution in [3.63, 3.8) is 0 Å². The van der Waals surface area contributed by atoms with Gasteiger partial charge in [0.25, 0.3) is 5.91 Å². The molecule has 0 unspecified atom stereocenters. The number of carbonyl (C=O) groups is 1. The molecular weight excluding hydrogens is 356 g/mol. The molecule has 2 aromatic carbocycles. The minimum atomic E-state index is -3.57. The van der Waals surface area contributed by atoms with Crippen LogP contribution in [0.5, 0.6) is 11.5 Å². The van der Waals surface area contributed by atoms with Crippen molar-refractivity contribution in [2.24, 2.45) is 0 Å². The molecule has 0 fully saturated rings. The summed E-state index contributed by atoms with van der Waals surface area (Å²) in [6.45, 7) is 0.644. The van der Waals surface area contributed by atoms with E-state index < -0.39 is 10.0 Å². The molecule has 1 N–H and O–H groups in total. The Morgan fingerprint density at radius 3 is 2.65 bits per heavy atom. The fourth-order valence-electron chi connectivity index (χ4n) is 2.53. The lowest BCUT2D eigenvalue weighted by Crippen LogP contribution is -2.26. The molecule has 0 aliphatic carbocycles. The number of sulfonamides is 1. The van der Waals surface area contributed by atoms with Gasteiger partial charge < -0.3 is 14.8 Å². The van der Waals surface area contributed by atoms with E-state index in [1.807, 2.05) is 18.2 Å². The van der Waals surface area contributed by atoms with Crippen molar-refractivity contribution in [3.05, 3.63) is 53.6 Å². The van der Waals surface area contributed by atoms with E-state index in [0.717, 1.165) is 15.6 Å². The highest BCUT2D eigenvalue weighted by atomic mass is 32.2. The van der Waals surface area contributed by atoms with Crippen LogP contribution in [0.4, 0.5) is 0 Å². The lowest BCUT2D eigenvalue weighted by atomic mass is 10.1. The zero-order valence-electron chi connectivity index (χ0n) is 14.6. The minimum absolute atomic E-state index is 0.0888. The highest BCUT2D eigenvalue weighted by Gasteiger charge is 2.18. The molecule has 0 saturated carbocycles. The maximum absolute atomic E-state index is 12.3. The van der Waals surface area contributed by atoms with Crippen molar-refractivity contribution >= 4 is 15.9 Å². The molecule has 1 amide bonds. The molecule has 0 atom stereocenters. The summed E-state index contributed by atoms with van der Waals surface area (Å²) in [5.41, 5.74) is 1.32. The number of fused-ring (bicyclic) bond motifs is 1. The number of nitrogens with zero attached hydrogens (tertiary/aromatic N) is 1. The molecule has 1 heterocycles. The van der Waals surface area contributed by atoms with Gasteiger partial charge in [-0.15, -0.1) is 0 Å². The van der Waals surface area contributed by atoms with Gasteiger partial charge in [-0.25, -0.2) is 12.7 Å². The van der Waals surface area contributed by atoms with Crippen molar-refractivity contribution in [1.29, 1.82) is 0 Å². The Morgan fingerprint density at radius 2 is 1.88 bits per heavy atom. The fraction of sp³-hybridized carbons (Fsp3) is 0.278. The monoisotopic (exact) mass is 376 g/mol. The first kappa shape index (κ1) is 18.2. The molecular formula is C18H20N2O5S. The van der Waals surface area contributed by atoms with E-state index in [1.165, 1.54) is 26.2 Å². The Bertz CT molecular complexity index is 925. The third-order valence-electron chi connectivity index (χ3n) is 4.01. The highest BCUT2D eigenvalue weighted by molar-refractivity contribution is 7.89. The molecule has 7 nitrogen and oxygen atoms in total. The number of hydrogen-bond acceptors (Lipinski definition) is 5. The van der Waals surface area contributed by atoms with Crippen molar-refractivity contribution in [3.8, 4) is 11.5 Å². The number of rotatable bonds is 6. The van der Waals surface area contributed by atoms with E-state index >= 15 is 0 Å². The molecule has 0 aromatic heterocycles. The van der Waals surface area contributed by atoms with Crippen molar-refractivity contribution in [2.45, 2.75) is 11.3 Å². The summed E-state index contributed by atoms with van der Waals surface area (Å²) < 4.78 is 36.1. The number of benzene rings is 2. The molecule has 3 rings (SSSR count). The van der Waals surface area contributed by atoms with Crippen LogP contribution in [0.3, 0.4) is 0 Å². The van der Waals surface area contributed by atoms with E-state index in [1.54, 1.807) is 12.1 Å². The normalized spacial score (nSPS) is 13.0. The second-order valence-electron chi connectivity index (χ2n) is 6.01. The second-order valence-corrected chi connectivity index (χ2v) is 8.16. The number of ether oxygens (including phenoxy) is 2. The molecule has 0 bridgehead atoms. The van der Waals surface area contributed by atoms with Crippen LogP contribution in [0.25, 0.3) is 0 Å². The van der Waals surface area contributed by atoms with Gasteiger partial charge >= 0.3 is 0 Å². The topological polar surface area (TPSA) is 84.9 Å². The van der Waals surface area contributed by atoms with Gasteiger partial charge in [0.15, 0.2) is 11.5 Å². The van der Waals surface area contributed by atoms with Crippen LogP contribution >= 0.6 is 0 Å². The predicted octanol–water partition coefficient (Wildman–Crippen LogP) is 1.64. The van der Waals surface area contributed by atoms with Gasteiger partial charge in [0, 0.05) is 26.2 Å². The zero-order valence-corrected chi connectivity index (χ0v) is 15.4. The number of carbonyl (C=O) groups excluding carboxylic acids is 1. The molecule has 0 saturated heterocycles. The molecule has 26 heavy (non-hydrogen) atoms. The molecule has 8 heteroatoms. The maximum atomic E-state index is 12.3. The first-order valence-corrected chi connectivity index (χ1v) is 9.51. The summed E-state index contributed by atoms with van der Waals surface area (Å²) >= 11 is 0. The van der Waals surface area contributed by atoms with Crippen LogP contribution < -0.4 is 14.8 Å². The van der Waals surface area contributed by atoms with Crippen LogP contribution in [-0.2, 0) is 16.4 Å². The van der Waals surface area contributed by atoms with Gasteiger partial charge in [-0.3, -0.25) is 4.79 Å². The largest absolute Gasteiger partial charge is 0.454 e. The highest BCUT2D eigenvalue weighted by Crippen LogP contribution is 2.32. The molecule has 0 spiro atoms. The summed E-state index contributed by atoms with van der Waals surface area (Å²) in [5, 5.41) is 2.80. The molecule has 0 radical (unpaired) electrons. The van der Waals surface area contributed by atoms with Crippen LogP contribution in [0.15, 0.2) is 47.4 Å².